The van der Waals surface area contributed by atoms with Gasteiger partial charge >= 0.3 is 0 Å². The molecule has 2 aromatic rings. The van der Waals surface area contributed by atoms with Gasteiger partial charge in [0.15, 0.2) is 0 Å². The van der Waals surface area contributed by atoms with Gasteiger partial charge in [-0.1, -0.05) is 57.4 Å². The number of aryl methyl sites for hydroxylation is 3. The second-order valence-corrected chi connectivity index (χ2v) is 6.73. The molecule has 0 nitrogen and oxygen atoms in total. The zero-order chi connectivity index (χ0) is 14.4. The highest BCUT2D eigenvalue weighted by Crippen LogP contribution is 2.45. The van der Waals surface area contributed by atoms with E-state index in [4.69, 9.17) is 0 Å². The summed E-state index contributed by atoms with van der Waals surface area (Å²) in [7, 11) is 0. The first kappa shape index (κ1) is 13.6. The van der Waals surface area contributed by atoms with E-state index in [0.29, 0.717) is 5.92 Å². The largest absolute Gasteiger partial charge is 0.0608 e. The van der Waals surface area contributed by atoms with Gasteiger partial charge in [-0.15, -0.1) is 0 Å². The van der Waals surface area contributed by atoms with E-state index < -0.39 is 0 Å². The van der Waals surface area contributed by atoms with Gasteiger partial charge < -0.3 is 0 Å². The number of allylic oxidation sites excluding steroid dienone is 1. The molecule has 0 N–H and O–H groups in total. The quantitative estimate of drug-likeness (QED) is 0.609. The van der Waals surface area contributed by atoms with Crippen LogP contribution in [0.15, 0.2) is 40.4 Å². The number of fused-ring (bicyclic) bond motifs is 1. The van der Waals surface area contributed by atoms with Crippen molar-refractivity contribution in [1.29, 1.82) is 0 Å². The predicted molar refractivity (Wildman–Crippen MR) is 90.3 cm³/mol. The van der Waals surface area contributed by atoms with Crippen LogP contribution in [0.25, 0.3) is 6.08 Å². The lowest BCUT2D eigenvalue weighted by Gasteiger charge is -2.21. The zero-order valence-corrected chi connectivity index (χ0v) is 14.0. The molecule has 0 saturated carbocycles. The first-order valence-electron chi connectivity index (χ1n) is 7.03. The highest BCUT2D eigenvalue weighted by Gasteiger charge is 2.27. The maximum Gasteiger partial charge on any atom is 0.0311 e. The van der Waals surface area contributed by atoms with E-state index in [-0.39, 0.29) is 0 Å². The zero-order valence-electron chi connectivity index (χ0n) is 12.4. The Morgan fingerprint density at radius 3 is 2.25 bits per heavy atom. The molecule has 0 aliphatic heterocycles. The van der Waals surface area contributed by atoms with Crippen molar-refractivity contribution in [3.8, 4) is 0 Å². The molecule has 102 valence electrons. The summed E-state index contributed by atoms with van der Waals surface area (Å²) in [5.41, 5.74) is 9.81. The minimum atomic E-state index is 0.406. The van der Waals surface area contributed by atoms with E-state index >= 15 is 0 Å². The fraction of sp³-hybridized carbons (Fsp3) is 0.263. The Balaban J connectivity index is 2.24. The first-order valence-corrected chi connectivity index (χ1v) is 7.82. The summed E-state index contributed by atoms with van der Waals surface area (Å²) < 4.78 is 1.19. The van der Waals surface area contributed by atoms with Crippen LogP contribution in [-0.2, 0) is 0 Å². The molecule has 0 aromatic heterocycles. The van der Waals surface area contributed by atoms with Gasteiger partial charge in [0.2, 0.25) is 0 Å². The van der Waals surface area contributed by atoms with Gasteiger partial charge in [-0.25, -0.2) is 0 Å². The topological polar surface area (TPSA) is 0 Å². The Morgan fingerprint density at radius 2 is 1.60 bits per heavy atom. The standard InChI is InChI=1S/C19H19Br/c1-11-8-12(2)18(13(3)9-11)19-14(4)10-16-15(19)6-5-7-17(16)20/h5-10,19H,1-4H3. The van der Waals surface area contributed by atoms with Gasteiger partial charge in [0, 0.05) is 10.4 Å². The van der Waals surface area contributed by atoms with Crippen LogP contribution < -0.4 is 0 Å². The van der Waals surface area contributed by atoms with Crippen LogP contribution in [0.3, 0.4) is 0 Å². The van der Waals surface area contributed by atoms with Crippen LogP contribution in [0.2, 0.25) is 0 Å². The molecule has 0 heterocycles. The Bertz CT molecular complexity index is 700. The summed E-state index contributed by atoms with van der Waals surface area (Å²) in [6.07, 6.45) is 2.32. The Hall–Kier alpha value is -1.34. The molecular formula is C19H19Br. The molecule has 0 fully saturated rings. The summed E-state index contributed by atoms with van der Waals surface area (Å²) in [6.45, 7) is 8.89. The smallest absolute Gasteiger partial charge is 0.0311 e. The molecular weight excluding hydrogens is 308 g/mol. The lowest BCUT2D eigenvalue weighted by molar-refractivity contribution is 0.944. The fourth-order valence-electron chi connectivity index (χ4n) is 3.54. The molecule has 1 atom stereocenters. The van der Waals surface area contributed by atoms with Crippen molar-refractivity contribution < 1.29 is 0 Å². The molecule has 3 rings (SSSR count). The number of hydrogen-bond acceptors (Lipinski definition) is 0. The average Bonchev–Trinajstić information content (AvgIpc) is 2.67. The van der Waals surface area contributed by atoms with Crippen molar-refractivity contribution in [3.63, 3.8) is 0 Å². The van der Waals surface area contributed by atoms with E-state index in [1.807, 2.05) is 0 Å². The second kappa shape index (κ2) is 4.89. The van der Waals surface area contributed by atoms with E-state index in [1.54, 1.807) is 0 Å². The lowest BCUT2D eigenvalue weighted by Crippen LogP contribution is -2.05. The highest BCUT2D eigenvalue weighted by atomic mass is 79.9. The van der Waals surface area contributed by atoms with Crippen molar-refractivity contribution >= 4 is 22.0 Å². The third-order valence-corrected chi connectivity index (χ3v) is 4.94. The van der Waals surface area contributed by atoms with Crippen molar-refractivity contribution in [1.82, 2.24) is 0 Å². The summed E-state index contributed by atoms with van der Waals surface area (Å²) in [5.74, 6) is 0.406. The minimum absolute atomic E-state index is 0.406. The van der Waals surface area contributed by atoms with E-state index in [9.17, 15) is 0 Å². The Labute approximate surface area is 129 Å². The van der Waals surface area contributed by atoms with Gasteiger partial charge in [-0.05, 0) is 61.6 Å². The van der Waals surface area contributed by atoms with Crippen LogP contribution in [0.1, 0.15) is 46.2 Å². The predicted octanol–water partition coefficient (Wildman–Crippen LogP) is 5.92. The molecule has 1 aliphatic carbocycles. The van der Waals surface area contributed by atoms with Crippen LogP contribution in [0.5, 0.6) is 0 Å². The Morgan fingerprint density at radius 1 is 0.950 bits per heavy atom. The molecule has 0 saturated heterocycles. The highest BCUT2D eigenvalue weighted by molar-refractivity contribution is 9.10. The van der Waals surface area contributed by atoms with E-state index in [1.165, 1.54) is 43.4 Å². The number of rotatable bonds is 1. The maximum atomic E-state index is 3.68. The van der Waals surface area contributed by atoms with Gasteiger partial charge in [-0.3, -0.25) is 0 Å². The van der Waals surface area contributed by atoms with Crippen LogP contribution >= 0.6 is 15.9 Å². The molecule has 20 heavy (non-hydrogen) atoms. The van der Waals surface area contributed by atoms with E-state index in [2.05, 4.69) is 80.0 Å². The molecule has 0 bridgehead atoms. The fourth-order valence-corrected chi connectivity index (χ4v) is 4.04. The molecule has 1 heteroatoms. The summed E-state index contributed by atoms with van der Waals surface area (Å²) in [4.78, 5) is 0. The number of halogens is 1. The van der Waals surface area contributed by atoms with Gasteiger partial charge in [0.25, 0.3) is 0 Å². The number of hydrogen-bond donors (Lipinski definition) is 0. The van der Waals surface area contributed by atoms with Gasteiger partial charge in [0.05, 0.1) is 0 Å². The molecule has 1 unspecified atom stereocenters. The van der Waals surface area contributed by atoms with Crippen LogP contribution in [0.4, 0.5) is 0 Å². The lowest BCUT2D eigenvalue weighted by atomic mass is 9.83. The maximum absolute atomic E-state index is 3.68. The van der Waals surface area contributed by atoms with Crippen LogP contribution in [0, 0.1) is 20.8 Å². The molecule has 1 aliphatic rings. The van der Waals surface area contributed by atoms with Crippen molar-refractivity contribution in [3.05, 3.63) is 73.8 Å². The SMILES string of the molecule is CC1=Cc2c(Br)cccc2C1c1c(C)cc(C)cc1C. The molecule has 0 amide bonds. The van der Waals surface area contributed by atoms with E-state index in [0.717, 1.165) is 0 Å². The van der Waals surface area contributed by atoms with Crippen molar-refractivity contribution in [2.75, 3.05) is 0 Å². The van der Waals surface area contributed by atoms with Gasteiger partial charge in [0.1, 0.15) is 0 Å². The minimum Gasteiger partial charge on any atom is -0.0608 e. The van der Waals surface area contributed by atoms with Crippen molar-refractivity contribution in [2.45, 2.75) is 33.6 Å². The molecule has 0 spiro atoms. The Kier molecular flexibility index (Phi) is 3.33. The average molecular weight is 327 g/mol. The summed E-state index contributed by atoms with van der Waals surface area (Å²) >= 11 is 3.68. The normalized spacial score (nSPS) is 17.1. The van der Waals surface area contributed by atoms with Crippen LogP contribution in [-0.4, -0.2) is 0 Å². The number of benzene rings is 2. The van der Waals surface area contributed by atoms with Gasteiger partial charge in [-0.2, -0.15) is 0 Å². The summed E-state index contributed by atoms with van der Waals surface area (Å²) in [5, 5.41) is 0. The first-order chi connectivity index (χ1) is 9.49. The third kappa shape index (κ3) is 2.05. The third-order valence-electron chi connectivity index (χ3n) is 4.25. The molecule has 0 radical (unpaired) electrons. The second-order valence-electron chi connectivity index (χ2n) is 5.88. The monoisotopic (exact) mass is 326 g/mol. The van der Waals surface area contributed by atoms with Crippen molar-refractivity contribution in [2.24, 2.45) is 0 Å². The summed E-state index contributed by atoms with van der Waals surface area (Å²) in [6, 6.07) is 11.1. The molecule has 2 aromatic carbocycles.